The van der Waals surface area contributed by atoms with Gasteiger partial charge >= 0.3 is 5.97 Å². The number of para-hydroxylation sites is 2. The Labute approximate surface area is 181 Å². The zero-order chi connectivity index (χ0) is 22.0. The number of esters is 1. The minimum atomic E-state index is -0.666. The van der Waals surface area contributed by atoms with E-state index in [0.29, 0.717) is 4.88 Å². The first kappa shape index (κ1) is 20.3. The molecular formula is C22H18N4O4S. The molecule has 0 saturated heterocycles. The molecule has 2 amide bonds. The highest BCUT2D eigenvalue weighted by molar-refractivity contribution is 7.20. The van der Waals surface area contributed by atoms with Crippen molar-refractivity contribution in [3.05, 3.63) is 76.8 Å². The van der Waals surface area contributed by atoms with E-state index < -0.39 is 24.4 Å². The summed E-state index contributed by atoms with van der Waals surface area (Å²) in [6, 6.07) is 17.6. The van der Waals surface area contributed by atoms with E-state index in [4.69, 9.17) is 10.5 Å². The highest BCUT2D eigenvalue weighted by Gasteiger charge is 2.19. The molecule has 0 aliphatic carbocycles. The summed E-state index contributed by atoms with van der Waals surface area (Å²) >= 11 is 1.24. The number of nitrogens with one attached hydrogen (secondary N) is 1. The normalized spacial score (nSPS) is 10.7. The molecule has 0 radical (unpaired) electrons. The SMILES string of the molecule is Cc1nn(-c2ccccc2)c2sc(C(=O)OCC(=O)Nc3ccccc3C(N)=O)cc12. The van der Waals surface area contributed by atoms with Crippen molar-refractivity contribution in [2.45, 2.75) is 6.92 Å². The Morgan fingerprint density at radius 3 is 2.55 bits per heavy atom. The summed E-state index contributed by atoms with van der Waals surface area (Å²) in [5.74, 6) is -1.85. The third kappa shape index (κ3) is 4.17. The molecule has 0 atom stereocenters. The van der Waals surface area contributed by atoms with Crippen LogP contribution in [0.4, 0.5) is 5.69 Å². The van der Waals surface area contributed by atoms with Gasteiger partial charge in [0.15, 0.2) is 6.61 Å². The molecule has 4 aromatic rings. The molecule has 8 nitrogen and oxygen atoms in total. The number of nitrogens with two attached hydrogens (primary N) is 1. The van der Waals surface area contributed by atoms with Crippen molar-refractivity contribution < 1.29 is 19.1 Å². The monoisotopic (exact) mass is 434 g/mol. The quantitative estimate of drug-likeness (QED) is 0.452. The maximum atomic E-state index is 12.5. The van der Waals surface area contributed by atoms with Gasteiger partial charge in [-0.25, -0.2) is 9.48 Å². The first-order chi connectivity index (χ1) is 14.9. The van der Waals surface area contributed by atoms with Crippen molar-refractivity contribution >= 4 is 45.0 Å². The first-order valence-electron chi connectivity index (χ1n) is 9.34. The number of amides is 2. The van der Waals surface area contributed by atoms with Crippen molar-refractivity contribution in [1.82, 2.24) is 9.78 Å². The molecule has 0 bridgehead atoms. The highest BCUT2D eigenvalue weighted by atomic mass is 32.1. The van der Waals surface area contributed by atoms with Crippen LogP contribution in [0.2, 0.25) is 0 Å². The molecule has 0 fully saturated rings. The first-order valence-corrected chi connectivity index (χ1v) is 10.2. The minimum Gasteiger partial charge on any atom is -0.451 e. The number of ether oxygens (including phenoxy) is 1. The standard InChI is InChI=1S/C22H18N4O4S/c1-13-16-11-18(31-21(16)26(25-13)14-7-3-2-4-8-14)22(29)30-12-19(27)24-17-10-6-5-9-15(17)20(23)28/h2-11H,12H2,1H3,(H2,23,28)(H,24,27). The van der Waals surface area contributed by atoms with Crippen LogP contribution in [0.3, 0.4) is 0 Å². The second kappa shape index (κ2) is 8.41. The van der Waals surface area contributed by atoms with Crippen molar-refractivity contribution in [2.24, 2.45) is 5.73 Å². The maximum absolute atomic E-state index is 12.5. The number of carbonyl (C=O) groups is 3. The Morgan fingerprint density at radius 2 is 1.81 bits per heavy atom. The molecule has 2 aromatic carbocycles. The summed E-state index contributed by atoms with van der Waals surface area (Å²) in [5, 5.41) is 7.92. The van der Waals surface area contributed by atoms with Crippen LogP contribution in [0.5, 0.6) is 0 Å². The zero-order valence-electron chi connectivity index (χ0n) is 16.5. The highest BCUT2D eigenvalue weighted by Crippen LogP contribution is 2.30. The molecule has 2 heterocycles. The molecule has 2 aromatic heterocycles. The van der Waals surface area contributed by atoms with Crippen molar-refractivity contribution in [1.29, 1.82) is 0 Å². The van der Waals surface area contributed by atoms with Gasteiger partial charge in [-0.1, -0.05) is 30.3 Å². The number of thiophene rings is 1. The number of hydrogen-bond acceptors (Lipinski definition) is 6. The van der Waals surface area contributed by atoms with Crippen LogP contribution >= 0.6 is 11.3 Å². The number of benzene rings is 2. The Bertz CT molecular complexity index is 1290. The van der Waals surface area contributed by atoms with Crippen molar-refractivity contribution in [3.63, 3.8) is 0 Å². The van der Waals surface area contributed by atoms with Gasteiger partial charge in [-0.05, 0) is 37.3 Å². The topological polar surface area (TPSA) is 116 Å². The fourth-order valence-electron chi connectivity index (χ4n) is 3.09. The second-order valence-corrected chi connectivity index (χ2v) is 7.73. The van der Waals surface area contributed by atoms with Gasteiger partial charge in [0.05, 0.1) is 22.6 Å². The van der Waals surface area contributed by atoms with E-state index in [1.165, 1.54) is 17.4 Å². The Hall–Kier alpha value is -3.98. The van der Waals surface area contributed by atoms with Crippen molar-refractivity contribution in [2.75, 3.05) is 11.9 Å². The zero-order valence-corrected chi connectivity index (χ0v) is 17.3. The number of anilines is 1. The summed E-state index contributed by atoms with van der Waals surface area (Å²) < 4.78 is 6.94. The number of aryl methyl sites for hydroxylation is 1. The Morgan fingerprint density at radius 1 is 1.10 bits per heavy atom. The van der Waals surface area contributed by atoms with Gasteiger partial charge in [-0.2, -0.15) is 5.10 Å². The number of primary amides is 1. The van der Waals surface area contributed by atoms with E-state index in [0.717, 1.165) is 21.6 Å². The fraction of sp³-hybridized carbons (Fsp3) is 0.0909. The van der Waals surface area contributed by atoms with E-state index in [1.54, 1.807) is 28.9 Å². The third-order valence-corrected chi connectivity index (χ3v) is 5.64. The number of hydrogen-bond donors (Lipinski definition) is 2. The lowest BCUT2D eigenvalue weighted by atomic mass is 10.1. The molecular weight excluding hydrogens is 416 g/mol. The van der Waals surface area contributed by atoms with E-state index in [1.807, 2.05) is 37.3 Å². The molecule has 156 valence electrons. The fourth-order valence-corrected chi connectivity index (χ4v) is 4.16. The van der Waals surface area contributed by atoms with Gasteiger partial charge in [-0.3, -0.25) is 9.59 Å². The lowest BCUT2D eigenvalue weighted by Crippen LogP contribution is -2.23. The molecule has 3 N–H and O–H groups in total. The van der Waals surface area contributed by atoms with Gasteiger partial charge < -0.3 is 15.8 Å². The largest absolute Gasteiger partial charge is 0.451 e. The molecule has 4 rings (SSSR count). The lowest BCUT2D eigenvalue weighted by Gasteiger charge is -2.09. The van der Waals surface area contributed by atoms with Crippen LogP contribution in [0.25, 0.3) is 15.9 Å². The van der Waals surface area contributed by atoms with Gasteiger partial charge in [0.25, 0.3) is 11.8 Å². The van der Waals surface area contributed by atoms with Crippen LogP contribution < -0.4 is 11.1 Å². The van der Waals surface area contributed by atoms with Gasteiger partial charge in [0.1, 0.15) is 9.71 Å². The third-order valence-electron chi connectivity index (χ3n) is 4.55. The molecule has 0 aliphatic heterocycles. The average Bonchev–Trinajstić information content (AvgIpc) is 3.33. The summed E-state index contributed by atoms with van der Waals surface area (Å²) in [4.78, 5) is 37.3. The maximum Gasteiger partial charge on any atom is 0.348 e. The Kier molecular flexibility index (Phi) is 5.50. The molecule has 0 saturated carbocycles. The van der Waals surface area contributed by atoms with Gasteiger partial charge in [0, 0.05) is 5.39 Å². The second-order valence-electron chi connectivity index (χ2n) is 6.70. The lowest BCUT2D eigenvalue weighted by molar-refractivity contribution is -0.119. The van der Waals surface area contributed by atoms with Crippen LogP contribution in [0.15, 0.2) is 60.7 Å². The minimum absolute atomic E-state index is 0.174. The smallest absolute Gasteiger partial charge is 0.348 e. The van der Waals surface area contributed by atoms with Crippen LogP contribution in [-0.2, 0) is 9.53 Å². The Balaban J connectivity index is 1.47. The van der Waals surface area contributed by atoms with E-state index >= 15 is 0 Å². The molecule has 31 heavy (non-hydrogen) atoms. The van der Waals surface area contributed by atoms with Crippen molar-refractivity contribution in [3.8, 4) is 5.69 Å². The summed E-state index contributed by atoms with van der Waals surface area (Å²) in [7, 11) is 0. The number of carbonyl (C=O) groups excluding carboxylic acids is 3. The van der Waals surface area contributed by atoms with E-state index in [2.05, 4.69) is 10.4 Å². The van der Waals surface area contributed by atoms with E-state index in [-0.39, 0.29) is 11.3 Å². The van der Waals surface area contributed by atoms with E-state index in [9.17, 15) is 14.4 Å². The van der Waals surface area contributed by atoms with Crippen LogP contribution in [0, 0.1) is 6.92 Å². The van der Waals surface area contributed by atoms with Crippen LogP contribution in [0.1, 0.15) is 25.7 Å². The molecule has 0 aliphatic rings. The number of rotatable bonds is 6. The molecule has 9 heteroatoms. The molecule has 0 spiro atoms. The summed E-state index contributed by atoms with van der Waals surface area (Å²) in [5.41, 5.74) is 7.41. The summed E-state index contributed by atoms with van der Waals surface area (Å²) in [6.45, 7) is 1.37. The van der Waals surface area contributed by atoms with Gasteiger partial charge in [-0.15, -0.1) is 11.3 Å². The number of fused-ring (bicyclic) bond motifs is 1. The van der Waals surface area contributed by atoms with Gasteiger partial charge in [0.2, 0.25) is 0 Å². The van der Waals surface area contributed by atoms with Crippen LogP contribution in [-0.4, -0.2) is 34.2 Å². The average molecular weight is 434 g/mol. The molecule has 0 unspecified atom stereocenters. The summed E-state index contributed by atoms with van der Waals surface area (Å²) in [6.07, 6.45) is 0. The predicted molar refractivity (Wildman–Crippen MR) is 118 cm³/mol. The predicted octanol–water partition coefficient (Wildman–Crippen LogP) is 3.29. The number of aromatic nitrogens is 2. The number of nitrogens with zero attached hydrogens (tertiary/aromatic N) is 2.